The van der Waals surface area contributed by atoms with Crippen molar-refractivity contribution in [2.24, 2.45) is 0 Å². The van der Waals surface area contributed by atoms with E-state index in [1.807, 2.05) is 30.3 Å². The number of aromatic hydroxyl groups is 1. The predicted octanol–water partition coefficient (Wildman–Crippen LogP) is 3.47. The Morgan fingerprint density at radius 3 is 3.07 bits per heavy atom. The summed E-state index contributed by atoms with van der Waals surface area (Å²) in [6.45, 7) is 3.58. The van der Waals surface area contributed by atoms with Crippen LogP contribution in [0.25, 0.3) is 0 Å². The molecule has 3 heterocycles. The van der Waals surface area contributed by atoms with Gasteiger partial charge in [0.25, 0.3) is 5.91 Å². The van der Waals surface area contributed by atoms with Gasteiger partial charge >= 0.3 is 0 Å². The van der Waals surface area contributed by atoms with Gasteiger partial charge < -0.3 is 5.11 Å². The monoisotopic (exact) mass is 383 g/mol. The molecule has 1 aliphatic rings. The summed E-state index contributed by atoms with van der Waals surface area (Å²) >= 11 is 1.51. The molecule has 27 heavy (non-hydrogen) atoms. The number of likely N-dealkylation sites (tertiary alicyclic amines) is 1. The van der Waals surface area contributed by atoms with Gasteiger partial charge in [-0.25, -0.2) is 0 Å². The van der Waals surface area contributed by atoms with Gasteiger partial charge in [0, 0.05) is 17.5 Å². The number of rotatable bonds is 5. The SMILES string of the molecule is Cc1nc(NC(=O)c2ccc(C3CCCN3Cc3cccc(O)c3)s2)n[nH]1. The lowest BCUT2D eigenvalue weighted by atomic mass is 10.1. The highest BCUT2D eigenvalue weighted by Gasteiger charge is 2.28. The number of aromatic nitrogens is 3. The second kappa shape index (κ2) is 7.50. The van der Waals surface area contributed by atoms with Gasteiger partial charge in [0.15, 0.2) is 0 Å². The van der Waals surface area contributed by atoms with Crippen molar-refractivity contribution in [3.8, 4) is 5.75 Å². The second-order valence-electron chi connectivity index (χ2n) is 6.70. The number of thiophene rings is 1. The number of H-pyrrole nitrogens is 1. The Balaban J connectivity index is 1.45. The average molecular weight is 383 g/mol. The highest BCUT2D eigenvalue weighted by Crippen LogP contribution is 2.37. The van der Waals surface area contributed by atoms with Crippen LogP contribution in [0.1, 0.15) is 44.8 Å². The van der Waals surface area contributed by atoms with Gasteiger partial charge in [-0.15, -0.1) is 16.4 Å². The van der Waals surface area contributed by atoms with Crippen LogP contribution < -0.4 is 5.32 Å². The molecule has 1 amide bonds. The number of anilines is 1. The van der Waals surface area contributed by atoms with Crippen molar-refractivity contribution in [1.82, 2.24) is 20.1 Å². The zero-order valence-corrected chi connectivity index (χ0v) is 15.8. The summed E-state index contributed by atoms with van der Waals surface area (Å²) < 4.78 is 0. The van der Waals surface area contributed by atoms with E-state index in [2.05, 4.69) is 25.4 Å². The topological polar surface area (TPSA) is 94.1 Å². The molecule has 1 atom stereocenters. The third-order valence-electron chi connectivity index (χ3n) is 4.66. The third kappa shape index (κ3) is 4.01. The summed E-state index contributed by atoms with van der Waals surface area (Å²) in [6, 6.07) is 11.6. The van der Waals surface area contributed by atoms with Crippen molar-refractivity contribution in [3.63, 3.8) is 0 Å². The van der Waals surface area contributed by atoms with Crippen LogP contribution in [0, 0.1) is 6.92 Å². The number of aryl methyl sites for hydroxylation is 1. The first-order valence-corrected chi connectivity index (χ1v) is 9.72. The summed E-state index contributed by atoms with van der Waals surface area (Å²) in [7, 11) is 0. The molecule has 3 N–H and O–H groups in total. The molecule has 0 spiro atoms. The molecule has 140 valence electrons. The molecule has 0 bridgehead atoms. The minimum atomic E-state index is -0.192. The molecular formula is C19H21N5O2S. The third-order valence-corrected chi connectivity index (χ3v) is 5.85. The molecule has 0 saturated carbocycles. The van der Waals surface area contributed by atoms with Crippen LogP contribution in [0.3, 0.4) is 0 Å². The van der Waals surface area contributed by atoms with Crippen LogP contribution in [-0.2, 0) is 6.54 Å². The molecule has 1 aliphatic heterocycles. The number of nitrogens with one attached hydrogen (secondary N) is 2. The first kappa shape index (κ1) is 17.7. The van der Waals surface area contributed by atoms with E-state index >= 15 is 0 Å². The van der Waals surface area contributed by atoms with E-state index in [0.717, 1.165) is 31.5 Å². The lowest BCUT2D eigenvalue weighted by molar-refractivity contribution is 0.102. The fourth-order valence-corrected chi connectivity index (χ4v) is 4.52. The van der Waals surface area contributed by atoms with Crippen molar-refractivity contribution in [2.75, 3.05) is 11.9 Å². The maximum Gasteiger partial charge on any atom is 0.268 e. The molecule has 0 radical (unpaired) electrons. The first-order valence-electron chi connectivity index (χ1n) is 8.90. The van der Waals surface area contributed by atoms with Crippen LogP contribution in [0.5, 0.6) is 5.75 Å². The van der Waals surface area contributed by atoms with Gasteiger partial charge in [0.2, 0.25) is 5.95 Å². The summed E-state index contributed by atoms with van der Waals surface area (Å²) in [6.07, 6.45) is 2.19. The highest BCUT2D eigenvalue weighted by molar-refractivity contribution is 7.14. The summed E-state index contributed by atoms with van der Waals surface area (Å²) in [5.74, 6) is 1.05. The quantitative estimate of drug-likeness (QED) is 0.627. The molecule has 1 saturated heterocycles. The number of amides is 1. The number of aromatic amines is 1. The molecule has 7 nitrogen and oxygen atoms in total. The second-order valence-corrected chi connectivity index (χ2v) is 7.81. The van der Waals surface area contributed by atoms with E-state index in [4.69, 9.17) is 0 Å². The van der Waals surface area contributed by atoms with Gasteiger partial charge in [0.05, 0.1) is 4.88 Å². The fraction of sp³-hybridized carbons (Fsp3) is 0.316. The smallest absolute Gasteiger partial charge is 0.268 e. The highest BCUT2D eigenvalue weighted by atomic mass is 32.1. The number of carbonyl (C=O) groups is 1. The van der Waals surface area contributed by atoms with E-state index in [9.17, 15) is 9.90 Å². The molecule has 4 rings (SSSR count). The van der Waals surface area contributed by atoms with Crippen molar-refractivity contribution in [2.45, 2.75) is 32.4 Å². The van der Waals surface area contributed by atoms with Gasteiger partial charge in [-0.2, -0.15) is 4.98 Å². The molecule has 2 aromatic heterocycles. The number of phenolic OH excluding ortho intramolecular Hbond substituents is 1. The zero-order chi connectivity index (χ0) is 18.8. The van der Waals surface area contributed by atoms with Crippen LogP contribution in [-0.4, -0.2) is 37.6 Å². The minimum absolute atomic E-state index is 0.192. The van der Waals surface area contributed by atoms with Crippen molar-refractivity contribution in [3.05, 3.63) is 57.5 Å². The number of hydrogen-bond acceptors (Lipinski definition) is 6. The average Bonchev–Trinajstić information content (AvgIpc) is 3.36. The lowest BCUT2D eigenvalue weighted by Crippen LogP contribution is -2.22. The Bertz CT molecular complexity index is 951. The van der Waals surface area contributed by atoms with Crippen LogP contribution in [0.2, 0.25) is 0 Å². The number of nitrogens with zero attached hydrogens (tertiary/aromatic N) is 3. The largest absolute Gasteiger partial charge is 0.508 e. The minimum Gasteiger partial charge on any atom is -0.508 e. The van der Waals surface area contributed by atoms with E-state index in [-0.39, 0.29) is 5.91 Å². The fourth-order valence-electron chi connectivity index (χ4n) is 3.44. The predicted molar refractivity (Wildman–Crippen MR) is 104 cm³/mol. The van der Waals surface area contributed by atoms with E-state index in [1.165, 1.54) is 16.2 Å². The summed E-state index contributed by atoms with van der Waals surface area (Å²) in [4.78, 5) is 20.8. The molecular weight excluding hydrogens is 362 g/mol. The van der Waals surface area contributed by atoms with E-state index in [0.29, 0.717) is 28.4 Å². The number of benzene rings is 1. The van der Waals surface area contributed by atoms with Crippen LogP contribution >= 0.6 is 11.3 Å². The molecule has 1 unspecified atom stereocenters. The Morgan fingerprint density at radius 1 is 1.41 bits per heavy atom. The summed E-state index contributed by atoms with van der Waals surface area (Å²) in [5, 5.41) is 19.1. The Morgan fingerprint density at radius 2 is 2.30 bits per heavy atom. The van der Waals surface area contributed by atoms with Gasteiger partial charge in [0.1, 0.15) is 11.6 Å². The van der Waals surface area contributed by atoms with Crippen LogP contribution in [0.15, 0.2) is 36.4 Å². The standard InChI is InChI=1S/C19H21N5O2S/c1-12-20-19(23-22-12)21-18(26)17-8-7-16(27-17)15-6-3-9-24(15)11-13-4-2-5-14(25)10-13/h2,4-5,7-8,10,15,25H,3,6,9,11H2,1H3,(H2,20,21,22,23,26). The van der Waals surface area contributed by atoms with Crippen molar-refractivity contribution < 1.29 is 9.90 Å². The summed E-state index contributed by atoms with van der Waals surface area (Å²) in [5.41, 5.74) is 1.09. The Kier molecular flexibility index (Phi) is 4.91. The Labute approximate surface area is 161 Å². The molecule has 0 aliphatic carbocycles. The molecule has 3 aromatic rings. The van der Waals surface area contributed by atoms with Crippen molar-refractivity contribution >= 4 is 23.2 Å². The maximum atomic E-state index is 12.4. The normalized spacial score (nSPS) is 17.3. The molecule has 1 fully saturated rings. The number of hydrogen-bond donors (Lipinski definition) is 3. The van der Waals surface area contributed by atoms with Gasteiger partial charge in [-0.1, -0.05) is 12.1 Å². The van der Waals surface area contributed by atoms with Crippen molar-refractivity contribution in [1.29, 1.82) is 0 Å². The lowest BCUT2D eigenvalue weighted by Gasteiger charge is -2.23. The van der Waals surface area contributed by atoms with Gasteiger partial charge in [-0.3, -0.25) is 20.1 Å². The number of phenols is 1. The Hall–Kier alpha value is -2.71. The maximum absolute atomic E-state index is 12.4. The molecule has 1 aromatic carbocycles. The first-order chi connectivity index (χ1) is 13.1. The van der Waals surface area contributed by atoms with Crippen LogP contribution in [0.4, 0.5) is 5.95 Å². The molecule has 8 heteroatoms. The van der Waals surface area contributed by atoms with E-state index < -0.39 is 0 Å². The van der Waals surface area contributed by atoms with Gasteiger partial charge in [-0.05, 0) is 56.1 Å². The van der Waals surface area contributed by atoms with E-state index in [1.54, 1.807) is 13.0 Å². The number of carbonyl (C=O) groups excluding carboxylic acids is 1. The zero-order valence-electron chi connectivity index (χ0n) is 15.0.